The number of methoxy groups -OCH3 is 1. The number of anilines is 1. The number of carboxylic acids is 1. The molecule has 2 rings (SSSR count). The summed E-state index contributed by atoms with van der Waals surface area (Å²) in [6.07, 6.45) is 0.0652. The first-order valence-corrected chi connectivity index (χ1v) is 6.97. The van der Waals surface area contributed by atoms with E-state index in [9.17, 15) is 14.7 Å². The molecule has 0 saturated carbocycles. The van der Waals surface area contributed by atoms with Crippen LogP contribution in [0.4, 0.5) is 5.69 Å². The molecule has 2 N–H and O–H groups in total. The number of rotatable bonds is 6. The number of para-hydroxylation sites is 1. The minimum atomic E-state index is -1.01. The predicted molar refractivity (Wildman–Crippen MR) is 81.9 cm³/mol. The van der Waals surface area contributed by atoms with Crippen molar-refractivity contribution in [1.82, 2.24) is 5.32 Å². The normalized spacial score (nSPS) is 18.7. The third-order valence-corrected chi connectivity index (χ3v) is 3.27. The number of benzene rings is 1. The van der Waals surface area contributed by atoms with Crippen molar-refractivity contribution in [3.05, 3.63) is 30.3 Å². The number of carbonyl (C=O) groups is 2. The van der Waals surface area contributed by atoms with Gasteiger partial charge in [-0.3, -0.25) is 9.80 Å². The fourth-order valence-corrected chi connectivity index (χ4v) is 2.26. The van der Waals surface area contributed by atoms with Crippen LogP contribution in [-0.4, -0.2) is 48.5 Å². The molecular weight excluding hydrogens is 286 g/mol. The van der Waals surface area contributed by atoms with Gasteiger partial charge in [-0.25, -0.2) is 4.79 Å². The van der Waals surface area contributed by atoms with E-state index in [1.807, 2.05) is 6.07 Å². The van der Waals surface area contributed by atoms with Crippen LogP contribution in [0.1, 0.15) is 13.3 Å². The monoisotopic (exact) mass is 305 g/mol. The number of hydrazone groups is 1. The van der Waals surface area contributed by atoms with Crippen LogP contribution in [0, 0.1) is 0 Å². The number of carbonyl (C=O) groups excluding carboxylic acids is 1. The summed E-state index contributed by atoms with van der Waals surface area (Å²) in [7, 11) is 1.55. The Kier molecular flexibility index (Phi) is 5.11. The number of hydrogen-bond acceptors (Lipinski definition) is 5. The Balaban J connectivity index is 2.16. The smallest absolute Gasteiger partial charge is 0.328 e. The molecule has 22 heavy (non-hydrogen) atoms. The molecule has 0 spiro atoms. The summed E-state index contributed by atoms with van der Waals surface area (Å²) in [5.74, 6) is -1.38. The van der Waals surface area contributed by atoms with Crippen LogP contribution < -0.4 is 10.3 Å². The van der Waals surface area contributed by atoms with Crippen molar-refractivity contribution in [2.24, 2.45) is 5.10 Å². The maximum absolute atomic E-state index is 12.2. The third-order valence-electron chi connectivity index (χ3n) is 3.27. The lowest BCUT2D eigenvalue weighted by Gasteiger charge is -2.19. The number of nitrogens with one attached hydrogen (secondary N) is 1. The van der Waals surface area contributed by atoms with Gasteiger partial charge in [-0.2, -0.15) is 5.10 Å². The van der Waals surface area contributed by atoms with Gasteiger partial charge in [0.1, 0.15) is 5.71 Å². The number of hydrogen-bond donors (Lipinski definition) is 2. The van der Waals surface area contributed by atoms with E-state index in [4.69, 9.17) is 4.74 Å². The van der Waals surface area contributed by atoms with Crippen molar-refractivity contribution in [3.8, 4) is 0 Å². The van der Waals surface area contributed by atoms with Crippen molar-refractivity contribution in [2.75, 3.05) is 18.7 Å². The molecule has 7 heteroatoms. The highest BCUT2D eigenvalue weighted by molar-refractivity contribution is 6.40. The Labute approximate surface area is 128 Å². The molecule has 0 radical (unpaired) electrons. The van der Waals surface area contributed by atoms with Crippen LogP contribution in [0.5, 0.6) is 0 Å². The van der Waals surface area contributed by atoms with Crippen LogP contribution in [0.2, 0.25) is 0 Å². The predicted octanol–water partition coefficient (Wildman–Crippen LogP) is 0.857. The lowest BCUT2D eigenvalue weighted by molar-refractivity contribution is -0.138. The van der Waals surface area contributed by atoms with Crippen molar-refractivity contribution in [1.29, 1.82) is 0 Å². The van der Waals surface area contributed by atoms with Gasteiger partial charge >= 0.3 is 5.97 Å². The van der Waals surface area contributed by atoms with Gasteiger partial charge in [-0.15, -0.1) is 0 Å². The fourth-order valence-electron chi connectivity index (χ4n) is 2.26. The number of ether oxygens (including phenoxy) is 1. The van der Waals surface area contributed by atoms with Crippen LogP contribution in [0.3, 0.4) is 0 Å². The second kappa shape index (κ2) is 7.04. The second-order valence-corrected chi connectivity index (χ2v) is 5.11. The topological polar surface area (TPSA) is 91.2 Å². The summed E-state index contributed by atoms with van der Waals surface area (Å²) in [4.78, 5) is 23.6. The number of amides is 1. The van der Waals surface area contributed by atoms with Gasteiger partial charge in [0.15, 0.2) is 6.04 Å². The number of nitrogens with zero attached hydrogens (tertiary/aromatic N) is 2. The van der Waals surface area contributed by atoms with Crippen molar-refractivity contribution in [3.63, 3.8) is 0 Å². The molecule has 1 aliphatic heterocycles. The molecule has 0 aliphatic carbocycles. The quantitative estimate of drug-likeness (QED) is 0.813. The molecule has 0 saturated heterocycles. The molecule has 1 unspecified atom stereocenters. The highest BCUT2D eigenvalue weighted by Gasteiger charge is 2.36. The average molecular weight is 305 g/mol. The van der Waals surface area contributed by atoms with E-state index in [2.05, 4.69) is 10.4 Å². The molecule has 1 aromatic rings. The largest absolute Gasteiger partial charge is 0.480 e. The zero-order valence-corrected chi connectivity index (χ0v) is 12.5. The van der Waals surface area contributed by atoms with Gasteiger partial charge in [0.2, 0.25) is 0 Å². The minimum Gasteiger partial charge on any atom is -0.480 e. The summed E-state index contributed by atoms with van der Waals surface area (Å²) >= 11 is 0. The van der Waals surface area contributed by atoms with E-state index in [0.29, 0.717) is 12.3 Å². The van der Waals surface area contributed by atoms with Gasteiger partial charge in [-0.05, 0) is 19.1 Å². The number of carboxylic acid groups (broad SMARTS) is 1. The zero-order valence-electron chi connectivity index (χ0n) is 12.5. The first-order valence-electron chi connectivity index (χ1n) is 6.97. The maximum atomic E-state index is 12.2. The van der Waals surface area contributed by atoms with Gasteiger partial charge in [-0.1, -0.05) is 18.2 Å². The Bertz CT molecular complexity index is 573. The van der Waals surface area contributed by atoms with Crippen molar-refractivity contribution in [2.45, 2.75) is 25.4 Å². The molecule has 0 aromatic heterocycles. The van der Waals surface area contributed by atoms with E-state index in [-0.39, 0.29) is 24.1 Å². The Morgan fingerprint density at radius 1 is 1.45 bits per heavy atom. The highest BCUT2D eigenvalue weighted by atomic mass is 16.5. The number of aliphatic carboxylic acids is 1. The first kappa shape index (κ1) is 16.0. The van der Waals surface area contributed by atoms with Crippen molar-refractivity contribution < 1.29 is 19.4 Å². The van der Waals surface area contributed by atoms with Gasteiger partial charge in [0.05, 0.1) is 12.3 Å². The standard InChI is InChI=1S/C15H19N3O4/c1-10(9-22-2)16-14(19)12-8-13(15(20)21)18(17-12)11-6-4-3-5-7-11/h3-7,10,13H,8-9H2,1-2H3,(H,16,19)(H,20,21)/t10-,13?/m1/s1. The second-order valence-electron chi connectivity index (χ2n) is 5.11. The lowest BCUT2D eigenvalue weighted by Crippen LogP contribution is -2.40. The van der Waals surface area contributed by atoms with E-state index < -0.39 is 12.0 Å². The fraction of sp³-hybridized carbons (Fsp3) is 0.400. The summed E-state index contributed by atoms with van der Waals surface area (Å²) in [5.41, 5.74) is 0.849. The molecule has 1 amide bonds. The third kappa shape index (κ3) is 3.62. The molecule has 2 atom stereocenters. The molecule has 0 bridgehead atoms. The molecule has 1 aliphatic rings. The Morgan fingerprint density at radius 2 is 2.14 bits per heavy atom. The first-order chi connectivity index (χ1) is 10.5. The summed E-state index contributed by atoms with van der Waals surface area (Å²) in [5, 5.41) is 17.6. The highest BCUT2D eigenvalue weighted by Crippen LogP contribution is 2.24. The summed E-state index contributed by atoms with van der Waals surface area (Å²) in [6.45, 7) is 2.18. The van der Waals surface area contributed by atoms with Gasteiger partial charge in [0, 0.05) is 19.6 Å². The lowest BCUT2D eigenvalue weighted by atomic mass is 10.1. The molecule has 7 nitrogen and oxygen atoms in total. The zero-order chi connectivity index (χ0) is 16.1. The van der Waals surface area contributed by atoms with E-state index in [1.54, 1.807) is 38.3 Å². The van der Waals surface area contributed by atoms with Crippen molar-refractivity contribution >= 4 is 23.3 Å². The average Bonchev–Trinajstić information content (AvgIpc) is 2.94. The molecule has 1 aromatic carbocycles. The Morgan fingerprint density at radius 3 is 2.73 bits per heavy atom. The van der Waals surface area contributed by atoms with E-state index in [0.717, 1.165) is 0 Å². The van der Waals surface area contributed by atoms with Crippen LogP contribution >= 0.6 is 0 Å². The van der Waals surface area contributed by atoms with Crippen LogP contribution in [0.15, 0.2) is 35.4 Å². The SMILES string of the molecule is COC[C@@H](C)NC(=O)C1=NN(c2ccccc2)C(C(=O)O)C1. The van der Waals surface area contributed by atoms with Crippen LogP contribution in [0.25, 0.3) is 0 Å². The maximum Gasteiger partial charge on any atom is 0.328 e. The van der Waals surface area contributed by atoms with Gasteiger partial charge in [0.25, 0.3) is 5.91 Å². The molecular formula is C15H19N3O4. The van der Waals surface area contributed by atoms with E-state index >= 15 is 0 Å². The van der Waals surface area contributed by atoms with Gasteiger partial charge < -0.3 is 15.2 Å². The molecule has 0 fully saturated rings. The van der Waals surface area contributed by atoms with Crippen LogP contribution in [-0.2, 0) is 14.3 Å². The van der Waals surface area contributed by atoms with E-state index in [1.165, 1.54) is 5.01 Å². The minimum absolute atomic E-state index is 0.0652. The molecule has 118 valence electrons. The summed E-state index contributed by atoms with van der Waals surface area (Å²) in [6, 6.07) is 7.89. The molecule has 1 heterocycles. The Hall–Kier alpha value is -2.41. The summed E-state index contributed by atoms with van der Waals surface area (Å²) < 4.78 is 4.96.